The number of hydrogen-bond acceptors (Lipinski definition) is 4. The van der Waals surface area contributed by atoms with Crippen molar-refractivity contribution in [3.05, 3.63) is 35.4 Å². The number of nitrogens with zero attached hydrogens (tertiary/aromatic N) is 2. The summed E-state index contributed by atoms with van der Waals surface area (Å²) in [5.74, 6) is -0.499. The van der Waals surface area contributed by atoms with Crippen LogP contribution in [0.3, 0.4) is 0 Å². The maximum Gasteiger partial charge on any atom is 0.416 e. The van der Waals surface area contributed by atoms with Gasteiger partial charge < -0.3 is 14.7 Å². The van der Waals surface area contributed by atoms with E-state index in [0.717, 1.165) is 43.5 Å². The number of benzene rings is 1. The number of piperidine rings is 2. The second kappa shape index (κ2) is 10.5. The predicted molar refractivity (Wildman–Crippen MR) is 121 cm³/mol. The molecule has 1 amide bonds. The molecule has 1 aromatic rings. The van der Waals surface area contributed by atoms with Crippen molar-refractivity contribution in [2.75, 3.05) is 26.2 Å². The summed E-state index contributed by atoms with van der Waals surface area (Å²) in [5.41, 5.74) is -0.437. The van der Waals surface area contributed by atoms with Gasteiger partial charge >= 0.3 is 18.2 Å². The van der Waals surface area contributed by atoms with E-state index in [9.17, 15) is 27.9 Å². The molecule has 9 heteroatoms. The summed E-state index contributed by atoms with van der Waals surface area (Å²) >= 11 is 0. The minimum atomic E-state index is -4.39. The number of carbonyl (C=O) groups is 2. The van der Waals surface area contributed by atoms with E-state index < -0.39 is 23.3 Å². The zero-order valence-electron chi connectivity index (χ0n) is 20.1. The predicted octanol–water partition coefficient (Wildman–Crippen LogP) is 5.58. The fraction of sp³-hybridized carbons (Fsp3) is 0.680. The highest BCUT2D eigenvalue weighted by Crippen LogP contribution is 2.38. The molecule has 2 aliphatic rings. The normalized spacial score (nSPS) is 23.1. The standard InChI is InChI=1S/C25H35F3N2O4/c1-24(2,3)34-23(33)29-11-8-17(9-12-29)16-30-13-10-18(15-22(31)32)14-21(30)19-4-6-20(7-5-19)25(26,27)28/h4-7,17-18,21H,8-16H2,1-3H3,(H,31,32)/t18?,21-/m0/s1. The van der Waals surface area contributed by atoms with Gasteiger partial charge in [-0.3, -0.25) is 9.69 Å². The summed E-state index contributed by atoms with van der Waals surface area (Å²) in [4.78, 5) is 27.6. The third kappa shape index (κ3) is 7.35. The third-order valence-corrected chi connectivity index (χ3v) is 6.67. The summed E-state index contributed by atoms with van der Waals surface area (Å²) in [6, 6.07) is 5.13. The number of carboxylic acids is 1. The Morgan fingerprint density at radius 2 is 1.59 bits per heavy atom. The molecular formula is C25H35F3N2O4. The fourth-order valence-electron chi connectivity index (χ4n) is 4.94. The monoisotopic (exact) mass is 484 g/mol. The van der Waals surface area contributed by atoms with Crippen molar-refractivity contribution in [1.82, 2.24) is 9.80 Å². The van der Waals surface area contributed by atoms with E-state index in [1.54, 1.807) is 4.90 Å². The van der Waals surface area contributed by atoms with E-state index >= 15 is 0 Å². The lowest BCUT2D eigenvalue weighted by Gasteiger charge is -2.42. The topological polar surface area (TPSA) is 70.1 Å². The van der Waals surface area contributed by atoms with Crippen molar-refractivity contribution >= 4 is 12.1 Å². The first-order valence-electron chi connectivity index (χ1n) is 11.9. The van der Waals surface area contributed by atoms with Crippen LogP contribution in [0.5, 0.6) is 0 Å². The lowest BCUT2D eigenvalue weighted by molar-refractivity contribution is -0.139. The molecule has 0 bridgehead atoms. The Bertz CT molecular complexity index is 843. The first-order valence-corrected chi connectivity index (χ1v) is 11.9. The Morgan fingerprint density at radius 3 is 2.12 bits per heavy atom. The van der Waals surface area contributed by atoms with Crippen LogP contribution < -0.4 is 0 Å². The molecule has 1 N–H and O–H groups in total. The number of carboxylic acid groups (broad SMARTS) is 1. The second-order valence-electron chi connectivity index (χ2n) is 10.5. The Kier molecular flexibility index (Phi) is 8.16. The van der Waals surface area contributed by atoms with E-state index in [2.05, 4.69) is 4.90 Å². The average Bonchev–Trinajstić information content (AvgIpc) is 2.73. The van der Waals surface area contributed by atoms with E-state index in [0.29, 0.717) is 32.0 Å². The summed E-state index contributed by atoms with van der Waals surface area (Å²) in [7, 11) is 0. The molecule has 2 aliphatic heterocycles. The minimum Gasteiger partial charge on any atom is -0.481 e. The number of rotatable bonds is 5. The first kappa shape index (κ1) is 26.3. The number of likely N-dealkylation sites (tertiary alicyclic amines) is 2. The van der Waals surface area contributed by atoms with E-state index in [1.807, 2.05) is 20.8 Å². The van der Waals surface area contributed by atoms with Crippen molar-refractivity contribution in [3.8, 4) is 0 Å². The molecule has 2 atom stereocenters. The number of ether oxygens (including phenoxy) is 1. The van der Waals surface area contributed by atoms with Crippen LogP contribution in [-0.4, -0.2) is 58.7 Å². The molecule has 2 saturated heterocycles. The van der Waals surface area contributed by atoms with Gasteiger partial charge in [-0.15, -0.1) is 0 Å². The van der Waals surface area contributed by atoms with Crippen LogP contribution in [0.15, 0.2) is 24.3 Å². The van der Waals surface area contributed by atoms with Crippen LogP contribution in [0.4, 0.5) is 18.0 Å². The van der Waals surface area contributed by atoms with Crippen molar-refractivity contribution in [2.45, 2.75) is 70.7 Å². The maximum absolute atomic E-state index is 13.0. The van der Waals surface area contributed by atoms with Crippen LogP contribution in [0.1, 0.15) is 70.0 Å². The van der Waals surface area contributed by atoms with E-state index in [1.165, 1.54) is 12.1 Å². The quantitative estimate of drug-likeness (QED) is 0.591. The highest BCUT2D eigenvalue weighted by atomic mass is 19.4. The van der Waals surface area contributed by atoms with Crippen LogP contribution in [0.2, 0.25) is 0 Å². The van der Waals surface area contributed by atoms with Crippen LogP contribution in [0.25, 0.3) is 0 Å². The van der Waals surface area contributed by atoms with Gasteiger partial charge in [-0.2, -0.15) is 13.2 Å². The van der Waals surface area contributed by atoms with Crippen LogP contribution >= 0.6 is 0 Å². The van der Waals surface area contributed by atoms with Crippen molar-refractivity contribution in [2.24, 2.45) is 11.8 Å². The van der Waals surface area contributed by atoms with Gasteiger partial charge in [-0.05, 0) is 82.5 Å². The highest BCUT2D eigenvalue weighted by molar-refractivity contribution is 5.68. The second-order valence-corrected chi connectivity index (χ2v) is 10.5. The van der Waals surface area contributed by atoms with Crippen molar-refractivity contribution < 1.29 is 32.6 Å². The molecular weight excluding hydrogens is 449 g/mol. The zero-order chi connectivity index (χ0) is 25.1. The van der Waals surface area contributed by atoms with Gasteiger partial charge in [0.15, 0.2) is 0 Å². The van der Waals surface area contributed by atoms with Gasteiger partial charge in [0.25, 0.3) is 0 Å². The summed E-state index contributed by atoms with van der Waals surface area (Å²) in [6.45, 7) is 8.22. The van der Waals surface area contributed by atoms with E-state index in [4.69, 9.17) is 4.74 Å². The average molecular weight is 485 g/mol. The lowest BCUT2D eigenvalue weighted by Crippen LogP contribution is -2.45. The number of halogens is 3. The summed E-state index contributed by atoms with van der Waals surface area (Å²) < 4.78 is 44.5. The number of aliphatic carboxylic acids is 1. The molecule has 190 valence electrons. The largest absolute Gasteiger partial charge is 0.481 e. The number of amides is 1. The Morgan fingerprint density at radius 1 is 1.00 bits per heavy atom. The van der Waals surface area contributed by atoms with Gasteiger partial charge in [0.1, 0.15) is 5.60 Å². The molecule has 1 unspecified atom stereocenters. The highest BCUT2D eigenvalue weighted by Gasteiger charge is 2.35. The lowest BCUT2D eigenvalue weighted by atomic mass is 9.84. The molecule has 0 spiro atoms. The SMILES string of the molecule is CC(C)(C)OC(=O)N1CCC(CN2CCC(CC(=O)O)C[C@H]2c2ccc(C(F)(F)F)cc2)CC1. The minimum absolute atomic E-state index is 0.00458. The van der Waals surface area contributed by atoms with E-state index in [-0.39, 0.29) is 24.5 Å². The summed E-state index contributed by atoms with van der Waals surface area (Å²) in [6.07, 6.45) is -1.61. The molecule has 2 heterocycles. The first-order chi connectivity index (χ1) is 15.8. The molecule has 0 aromatic heterocycles. The van der Waals surface area contributed by atoms with Crippen molar-refractivity contribution in [1.29, 1.82) is 0 Å². The number of alkyl halides is 3. The molecule has 0 aliphatic carbocycles. The maximum atomic E-state index is 13.0. The van der Waals surface area contributed by atoms with Crippen LogP contribution in [-0.2, 0) is 15.7 Å². The smallest absolute Gasteiger partial charge is 0.416 e. The Balaban J connectivity index is 1.66. The molecule has 1 aromatic carbocycles. The van der Waals surface area contributed by atoms with Crippen LogP contribution in [0, 0.1) is 11.8 Å². The van der Waals surface area contributed by atoms with Gasteiger partial charge in [0, 0.05) is 32.1 Å². The van der Waals surface area contributed by atoms with Gasteiger partial charge in [-0.1, -0.05) is 12.1 Å². The number of hydrogen-bond donors (Lipinski definition) is 1. The fourth-order valence-corrected chi connectivity index (χ4v) is 4.94. The Labute approximate surface area is 199 Å². The Hall–Kier alpha value is -2.29. The zero-order valence-corrected chi connectivity index (χ0v) is 20.1. The van der Waals surface area contributed by atoms with Gasteiger partial charge in [-0.25, -0.2) is 4.79 Å². The molecule has 3 rings (SSSR count). The van der Waals surface area contributed by atoms with Crippen molar-refractivity contribution in [3.63, 3.8) is 0 Å². The molecule has 34 heavy (non-hydrogen) atoms. The van der Waals surface area contributed by atoms with Gasteiger partial charge in [0.05, 0.1) is 5.56 Å². The number of carbonyl (C=O) groups excluding carboxylic acids is 1. The summed E-state index contributed by atoms with van der Waals surface area (Å²) in [5, 5.41) is 9.23. The molecule has 0 radical (unpaired) electrons. The molecule has 2 fully saturated rings. The van der Waals surface area contributed by atoms with Gasteiger partial charge in [0.2, 0.25) is 0 Å². The molecule has 6 nitrogen and oxygen atoms in total. The third-order valence-electron chi connectivity index (χ3n) is 6.67. The molecule has 0 saturated carbocycles.